The van der Waals surface area contributed by atoms with Gasteiger partial charge in [-0.1, -0.05) is 24.3 Å². The molecule has 0 saturated carbocycles. The van der Waals surface area contributed by atoms with E-state index in [0.717, 1.165) is 16.7 Å². The first-order valence-corrected chi connectivity index (χ1v) is 13.5. The molecular weight excluding hydrogens is 586 g/mol. The van der Waals surface area contributed by atoms with Crippen molar-refractivity contribution in [1.82, 2.24) is 4.57 Å². The maximum atomic E-state index is 13.7. The van der Waals surface area contributed by atoms with E-state index in [9.17, 15) is 45.4 Å². The molecule has 4 aromatic rings. The number of hydrogen-bond acceptors (Lipinski definition) is 10. The molecule has 0 atom stereocenters. The normalized spacial score (nSPS) is 12.2. The van der Waals surface area contributed by atoms with Crippen molar-refractivity contribution < 1.29 is 99.8 Å². The first-order valence-electron chi connectivity index (χ1n) is 10.6. The standard InChI is InChI=1S/C24H16N2O10S2.2Na/c1-26-16-9-8-15(25-14-7-6-11(37(31,32)33)10-17(14)38(34,35)36)19-20(16)18(21(23(26)28)24(29)30)12-4-2-3-5-13(12)22(19)27;;/h2-10,25H,1H3,(H,29,30)(H,31,32,33)(H,34,35,36);;/q;2*+1/p-2. The van der Waals surface area contributed by atoms with Crippen LogP contribution >= 0.6 is 0 Å². The molecule has 3 aromatic carbocycles. The number of rotatable bonds is 5. The van der Waals surface area contributed by atoms with Gasteiger partial charge in [-0.3, -0.25) is 14.1 Å². The van der Waals surface area contributed by atoms with Crippen LogP contribution in [0.2, 0.25) is 0 Å². The maximum Gasteiger partial charge on any atom is 1.00 e. The summed E-state index contributed by atoms with van der Waals surface area (Å²) < 4.78 is 69.0. The molecule has 0 unspecified atom stereocenters. The second kappa shape index (κ2) is 11.1. The number of pyridine rings is 1. The predicted octanol–water partition coefficient (Wildman–Crippen LogP) is -4.98. The number of hydrogen-bond donors (Lipinski definition) is 2. The van der Waals surface area contributed by atoms with Crippen molar-refractivity contribution in [3.63, 3.8) is 0 Å². The van der Waals surface area contributed by atoms with Crippen molar-refractivity contribution in [2.75, 3.05) is 5.32 Å². The Bertz CT molecular complexity index is 2040. The molecule has 16 heteroatoms. The van der Waals surface area contributed by atoms with Crippen LogP contribution in [0.4, 0.5) is 11.4 Å². The van der Waals surface area contributed by atoms with Crippen molar-refractivity contribution in [3.8, 4) is 11.1 Å². The number of aromatic carboxylic acids is 1. The zero-order valence-corrected chi connectivity index (χ0v) is 26.7. The number of carboxylic acid groups (broad SMARTS) is 1. The molecule has 1 aliphatic carbocycles. The van der Waals surface area contributed by atoms with E-state index < -0.39 is 52.9 Å². The summed E-state index contributed by atoms with van der Waals surface area (Å²) in [6, 6.07) is 10.9. The van der Waals surface area contributed by atoms with E-state index in [0.29, 0.717) is 6.07 Å². The van der Waals surface area contributed by atoms with Crippen LogP contribution in [0, 0.1) is 0 Å². The molecule has 2 N–H and O–H groups in total. The third-order valence-corrected chi connectivity index (χ3v) is 7.95. The number of aromatic nitrogens is 1. The molecule has 0 spiro atoms. The molecule has 1 aromatic heterocycles. The van der Waals surface area contributed by atoms with Crippen molar-refractivity contribution >= 4 is 54.3 Å². The minimum absolute atomic E-state index is 0. The Morgan fingerprint density at radius 3 is 2.08 bits per heavy atom. The fraction of sp³-hybridized carbons (Fsp3) is 0.0417. The van der Waals surface area contributed by atoms with Gasteiger partial charge in [0.25, 0.3) is 15.7 Å². The second-order valence-corrected chi connectivity index (χ2v) is 11.1. The number of nitrogens with one attached hydrogen (secondary N) is 1. The Kier molecular flexibility index (Phi) is 8.95. The molecule has 0 amide bonds. The molecule has 40 heavy (non-hydrogen) atoms. The Morgan fingerprint density at radius 2 is 1.50 bits per heavy atom. The summed E-state index contributed by atoms with van der Waals surface area (Å²) in [5.74, 6) is -2.35. The first kappa shape index (κ1) is 32.1. The number of nitrogens with zero attached hydrogens (tertiary/aromatic N) is 1. The zero-order valence-electron chi connectivity index (χ0n) is 21.1. The molecule has 0 bridgehead atoms. The van der Waals surface area contributed by atoms with Crippen molar-refractivity contribution in [2.24, 2.45) is 7.05 Å². The average Bonchev–Trinajstić information content (AvgIpc) is 2.83. The number of carbonyl (C=O) groups is 2. The molecule has 0 aliphatic heterocycles. The topological polar surface area (TPSA) is 203 Å². The van der Waals surface area contributed by atoms with Crippen LogP contribution in [0.1, 0.15) is 26.3 Å². The number of carbonyl (C=O) groups excluding carboxylic acids is 2. The quantitative estimate of drug-likeness (QED) is 0.144. The van der Waals surface area contributed by atoms with Crippen LogP contribution in [0.15, 0.2) is 69.2 Å². The zero-order chi connectivity index (χ0) is 27.7. The molecule has 194 valence electrons. The van der Waals surface area contributed by atoms with Crippen LogP contribution in [-0.4, -0.2) is 42.3 Å². The number of carboxylic acids is 1. The fourth-order valence-electron chi connectivity index (χ4n) is 4.59. The summed E-state index contributed by atoms with van der Waals surface area (Å²) in [6.45, 7) is 0. The molecule has 1 heterocycles. The number of anilines is 2. The van der Waals surface area contributed by atoms with E-state index in [1.54, 1.807) is 6.07 Å². The van der Waals surface area contributed by atoms with Crippen LogP contribution in [0.3, 0.4) is 0 Å². The van der Waals surface area contributed by atoms with E-state index in [4.69, 9.17) is 0 Å². The SMILES string of the molecule is Cn1c(=O)c(C(=O)[O-])c2c3c(c(Nc4ccc(S(=O)(=O)[O-])cc4S(=O)(=O)O)ccc31)C(=O)c1ccccc1-2.[Na+].[Na+]. The number of fused-ring (bicyclic) bond motifs is 2. The van der Waals surface area contributed by atoms with Crippen LogP contribution in [0.25, 0.3) is 22.0 Å². The minimum Gasteiger partial charge on any atom is -0.744 e. The van der Waals surface area contributed by atoms with Gasteiger partial charge in [-0.2, -0.15) is 8.42 Å². The number of aryl methyl sites for hydroxylation is 1. The average molecular weight is 600 g/mol. The number of ketones is 1. The van der Waals surface area contributed by atoms with Crippen LogP contribution in [0.5, 0.6) is 0 Å². The largest absolute Gasteiger partial charge is 1.00 e. The van der Waals surface area contributed by atoms with Crippen LogP contribution < -0.4 is 75.1 Å². The monoisotopic (exact) mass is 600 g/mol. The van der Waals surface area contributed by atoms with Gasteiger partial charge in [0.15, 0.2) is 5.78 Å². The van der Waals surface area contributed by atoms with Gasteiger partial charge in [0.2, 0.25) is 0 Å². The summed E-state index contributed by atoms with van der Waals surface area (Å²) in [5, 5.41) is 14.8. The third kappa shape index (κ3) is 5.20. The second-order valence-electron chi connectivity index (χ2n) is 8.37. The minimum atomic E-state index is -5.08. The first-order chi connectivity index (χ1) is 17.7. The third-order valence-electron chi connectivity index (χ3n) is 6.22. The van der Waals surface area contributed by atoms with Gasteiger partial charge in [-0.25, -0.2) is 8.42 Å². The van der Waals surface area contributed by atoms with Crippen molar-refractivity contribution in [3.05, 3.63) is 81.6 Å². The smallest absolute Gasteiger partial charge is 0.744 e. The summed E-state index contributed by atoms with van der Waals surface area (Å²) >= 11 is 0. The summed E-state index contributed by atoms with van der Waals surface area (Å²) in [7, 11) is -8.83. The Hall–Kier alpha value is -2.37. The van der Waals surface area contributed by atoms with Gasteiger partial charge in [-0.05, 0) is 35.9 Å². The summed E-state index contributed by atoms with van der Waals surface area (Å²) in [5.41, 5.74) is -1.70. The molecule has 1 aliphatic rings. The van der Waals surface area contributed by atoms with E-state index >= 15 is 0 Å². The summed E-state index contributed by atoms with van der Waals surface area (Å²) in [4.78, 5) is 36.8. The number of benzene rings is 3. The van der Waals surface area contributed by atoms with E-state index in [1.165, 1.54) is 37.4 Å². The van der Waals surface area contributed by atoms with E-state index in [2.05, 4.69) is 5.32 Å². The van der Waals surface area contributed by atoms with E-state index in [-0.39, 0.29) is 104 Å². The fourth-order valence-corrected chi connectivity index (χ4v) is 5.83. The Morgan fingerprint density at radius 1 is 0.900 bits per heavy atom. The van der Waals surface area contributed by atoms with Gasteiger partial charge in [0, 0.05) is 23.6 Å². The summed E-state index contributed by atoms with van der Waals surface area (Å²) in [6.07, 6.45) is 0. The molecular formula is C24H14N2Na2O10S2. The predicted molar refractivity (Wildman–Crippen MR) is 130 cm³/mol. The molecule has 5 rings (SSSR count). The Balaban J connectivity index is 0.00000220. The van der Waals surface area contributed by atoms with Gasteiger partial charge < -0.3 is 24.3 Å². The maximum absolute atomic E-state index is 13.7. The molecule has 0 radical (unpaired) electrons. The van der Waals surface area contributed by atoms with Gasteiger partial charge in [0.1, 0.15) is 15.0 Å². The molecule has 12 nitrogen and oxygen atoms in total. The molecule has 0 saturated heterocycles. The van der Waals surface area contributed by atoms with Crippen LogP contribution in [-0.2, 0) is 27.3 Å². The van der Waals surface area contributed by atoms with Gasteiger partial charge >= 0.3 is 59.1 Å². The van der Waals surface area contributed by atoms with Gasteiger partial charge in [-0.15, -0.1) is 0 Å². The van der Waals surface area contributed by atoms with Crippen molar-refractivity contribution in [1.29, 1.82) is 0 Å². The van der Waals surface area contributed by atoms with Gasteiger partial charge in [0.05, 0.1) is 38.9 Å². The Labute approximate surface area is 271 Å². The van der Waals surface area contributed by atoms with Crippen molar-refractivity contribution in [2.45, 2.75) is 9.79 Å². The van der Waals surface area contributed by atoms with E-state index in [1.807, 2.05) is 0 Å². The molecule has 0 fully saturated rings.